The predicted octanol–water partition coefficient (Wildman–Crippen LogP) is 2.84. The standard InChI is InChI=1S/C15H24N2/c1-4-7-16-8-10-17(11-9-16)15-12-13(2)5-6-14(15)3/h5-6,12H,4,7-11H2,1-3H3. The van der Waals surface area contributed by atoms with E-state index in [-0.39, 0.29) is 0 Å². The average molecular weight is 232 g/mol. The van der Waals surface area contributed by atoms with Crippen LogP contribution in [0.5, 0.6) is 0 Å². The minimum absolute atomic E-state index is 1.17. The van der Waals surface area contributed by atoms with Crippen LogP contribution in [0.2, 0.25) is 0 Å². The Kier molecular flexibility index (Phi) is 4.06. The van der Waals surface area contributed by atoms with E-state index in [0.717, 1.165) is 0 Å². The maximum atomic E-state index is 2.57. The third-order valence-corrected chi connectivity index (χ3v) is 3.62. The molecule has 1 aliphatic rings. The van der Waals surface area contributed by atoms with Crippen molar-refractivity contribution in [1.29, 1.82) is 0 Å². The van der Waals surface area contributed by atoms with Crippen LogP contribution in [0.4, 0.5) is 5.69 Å². The van der Waals surface area contributed by atoms with E-state index in [1.807, 2.05) is 0 Å². The van der Waals surface area contributed by atoms with Gasteiger partial charge in [0.25, 0.3) is 0 Å². The lowest BCUT2D eigenvalue weighted by Crippen LogP contribution is -2.46. The molecule has 0 saturated carbocycles. The summed E-state index contributed by atoms with van der Waals surface area (Å²) >= 11 is 0. The Morgan fingerprint density at radius 1 is 1.06 bits per heavy atom. The first-order chi connectivity index (χ1) is 8.20. The predicted molar refractivity (Wildman–Crippen MR) is 74.9 cm³/mol. The first-order valence-electron chi connectivity index (χ1n) is 6.75. The van der Waals surface area contributed by atoms with Crippen molar-refractivity contribution in [2.45, 2.75) is 27.2 Å². The normalized spacial score (nSPS) is 17.5. The monoisotopic (exact) mass is 232 g/mol. The van der Waals surface area contributed by atoms with Gasteiger partial charge in [-0.2, -0.15) is 0 Å². The number of anilines is 1. The number of rotatable bonds is 3. The van der Waals surface area contributed by atoms with Gasteiger partial charge < -0.3 is 4.90 Å². The van der Waals surface area contributed by atoms with Gasteiger partial charge in [-0.3, -0.25) is 4.90 Å². The van der Waals surface area contributed by atoms with E-state index in [1.54, 1.807) is 0 Å². The summed E-state index contributed by atoms with van der Waals surface area (Å²) in [5.74, 6) is 0. The molecule has 0 unspecified atom stereocenters. The smallest absolute Gasteiger partial charge is 0.0399 e. The number of benzene rings is 1. The molecule has 2 heteroatoms. The Morgan fingerprint density at radius 3 is 2.41 bits per heavy atom. The molecule has 2 nitrogen and oxygen atoms in total. The zero-order valence-electron chi connectivity index (χ0n) is 11.4. The van der Waals surface area contributed by atoms with Gasteiger partial charge in [0.15, 0.2) is 0 Å². The quantitative estimate of drug-likeness (QED) is 0.790. The van der Waals surface area contributed by atoms with Crippen LogP contribution in [-0.2, 0) is 0 Å². The molecule has 0 aliphatic carbocycles. The van der Waals surface area contributed by atoms with Crippen molar-refractivity contribution < 1.29 is 0 Å². The molecule has 1 aliphatic heterocycles. The van der Waals surface area contributed by atoms with E-state index in [1.165, 1.54) is 56.0 Å². The summed E-state index contributed by atoms with van der Waals surface area (Å²) in [6, 6.07) is 6.76. The van der Waals surface area contributed by atoms with Crippen LogP contribution in [0.3, 0.4) is 0 Å². The molecule has 0 amide bonds. The molecule has 94 valence electrons. The van der Waals surface area contributed by atoms with Crippen molar-refractivity contribution in [3.05, 3.63) is 29.3 Å². The average Bonchev–Trinajstić information content (AvgIpc) is 2.34. The summed E-state index contributed by atoms with van der Waals surface area (Å²) in [4.78, 5) is 5.11. The lowest BCUT2D eigenvalue weighted by atomic mass is 10.1. The van der Waals surface area contributed by atoms with Crippen molar-refractivity contribution in [1.82, 2.24) is 4.90 Å². The van der Waals surface area contributed by atoms with Crippen LogP contribution in [-0.4, -0.2) is 37.6 Å². The van der Waals surface area contributed by atoms with Crippen molar-refractivity contribution in [2.24, 2.45) is 0 Å². The maximum absolute atomic E-state index is 2.57. The summed E-state index contributed by atoms with van der Waals surface area (Å²) in [5, 5.41) is 0. The van der Waals surface area contributed by atoms with Gasteiger partial charge in [-0.1, -0.05) is 19.1 Å². The number of nitrogens with zero attached hydrogens (tertiary/aromatic N) is 2. The molecule has 1 aromatic rings. The van der Waals surface area contributed by atoms with E-state index < -0.39 is 0 Å². The van der Waals surface area contributed by atoms with E-state index in [0.29, 0.717) is 0 Å². The maximum Gasteiger partial charge on any atom is 0.0399 e. The topological polar surface area (TPSA) is 6.48 Å². The number of hydrogen-bond donors (Lipinski definition) is 0. The number of hydrogen-bond acceptors (Lipinski definition) is 2. The molecule has 0 radical (unpaired) electrons. The minimum atomic E-state index is 1.17. The largest absolute Gasteiger partial charge is 0.369 e. The van der Waals surface area contributed by atoms with E-state index in [4.69, 9.17) is 0 Å². The number of aryl methyl sites for hydroxylation is 2. The Hall–Kier alpha value is -1.02. The van der Waals surface area contributed by atoms with E-state index in [9.17, 15) is 0 Å². The van der Waals surface area contributed by atoms with Gasteiger partial charge in [0.05, 0.1) is 0 Å². The van der Waals surface area contributed by atoms with Gasteiger partial charge in [-0.05, 0) is 44.0 Å². The van der Waals surface area contributed by atoms with Gasteiger partial charge in [0, 0.05) is 31.9 Å². The second-order valence-corrected chi connectivity index (χ2v) is 5.12. The SMILES string of the molecule is CCCN1CCN(c2cc(C)ccc2C)CC1. The Morgan fingerprint density at radius 2 is 1.76 bits per heavy atom. The molecule has 17 heavy (non-hydrogen) atoms. The van der Waals surface area contributed by atoms with Crippen LogP contribution in [0.15, 0.2) is 18.2 Å². The molecule has 2 rings (SSSR count). The van der Waals surface area contributed by atoms with Crippen LogP contribution < -0.4 is 4.90 Å². The molecule has 1 aromatic carbocycles. The first-order valence-corrected chi connectivity index (χ1v) is 6.75. The summed E-state index contributed by atoms with van der Waals surface area (Å²) in [7, 11) is 0. The van der Waals surface area contributed by atoms with Crippen molar-refractivity contribution in [3.8, 4) is 0 Å². The third-order valence-electron chi connectivity index (χ3n) is 3.62. The highest BCUT2D eigenvalue weighted by Gasteiger charge is 2.17. The molecule has 0 spiro atoms. The van der Waals surface area contributed by atoms with Gasteiger partial charge in [0.1, 0.15) is 0 Å². The van der Waals surface area contributed by atoms with Gasteiger partial charge in [-0.15, -0.1) is 0 Å². The summed E-state index contributed by atoms with van der Waals surface area (Å²) in [5.41, 5.74) is 4.20. The van der Waals surface area contributed by atoms with Gasteiger partial charge in [-0.25, -0.2) is 0 Å². The Bertz CT molecular complexity index is 365. The molecular weight excluding hydrogens is 208 g/mol. The molecule has 1 saturated heterocycles. The third kappa shape index (κ3) is 3.01. The van der Waals surface area contributed by atoms with Crippen molar-refractivity contribution in [3.63, 3.8) is 0 Å². The Balaban J connectivity index is 2.02. The van der Waals surface area contributed by atoms with Gasteiger partial charge >= 0.3 is 0 Å². The molecular formula is C15H24N2. The Labute approximate surface area is 105 Å². The highest BCUT2D eigenvalue weighted by molar-refractivity contribution is 5.55. The van der Waals surface area contributed by atoms with Crippen molar-refractivity contribution in [2.75, 3.05) is 37.6 Å². The zero-order valence-corrected chi connectivity index (χ0v) is 11.4. The second kappa shape index (κ2) is 5.54. The summed E-state index contributed by atoms with van der Waals surface area (Å²) in [6.45, 7) is 12.7. The van der Waals surface area contributed by atoms with Crippen LogP contribution in [0.25, 0.3) is 0 Å². The van der Waals surface area contributed by atoms with Crippen LogP contribution in [0.1, 0.15) is 24.5 Å². The fourth-order valence-electron chi connectivity index (χ4n) is 2.59. The molecule has 0 N–H and O–H groups in total. The highest BCUT2D eigenvalue weighted by atomic mass is 15.3. The highest BCUT2D eigenvalue weighted by Crippen LogP contribution is 2.22. The molecule has 0 aromatic heterocycles. The summed E-state index contributed by atoms with van der Waals surface area (Å²) < 4.78 is 0. The van der Waals surface area contributed by atoms with Crippen LogP contribution in [0, 0.1) is 13.8 Å². The van der Waals surface area contributed by atoms with Gasteiger partial charge in [0.2, 0.25) is 0 Å². The van der Waals surface area contributed by atoms with Crippen LogP contribution >= 0.6 is 0 Å². The molecule has 0 atom stereocenters. The lowest BCUT2D eigenvalue weighted by molar-refractivity contribution is 0.258. The molecule has 0 bridgehead atoms. The molecule has 1 fully saturated rings. The zero-order chi connectivity index (χ0) is 12.3. The fourth-order valence-corrected chi connectivity index (χ4v) is 2.59. The molecule has 1 heterocycles. The fraction of sp³-hybridized carbons (Fsp3) is 0.600. The minimum Gasteiger partial charge on any atom is -0.369 e. The van der Waals surface area contributed by atoms with E-state index >= 15 is 0 Å². The number of piperazine rings is 1. The van der Waals surface area contributed by atoms with Crippen molar-refractivity contribution >= 4 is 5.69 Å². The van der Waals surface area contributed by atoms with E-state index in [2.05, 4.69) is 48.8 Å². The lowest BCUT2D eigenvalue weighted by Gasteiger charge is -2.36. The summed E-state index contributed by atoms with van der Waals surface area (Å²) in [6.07, 6.45) is 1.27. The second-order valence-electron chi connectivity index (χ2n) is 5.12. The first kappa shape index (κ1) is 12.4.